The average Bonchev–Trinajstić information content (AvgIpc) is 2.85. The molecule has 2 heteroatoms. The Hall–Kier alpha value is -1.57. The molecule has 0 saturated carbocycles. The topological polar surface area (TPSA) is 17.8 Å². The van der Waals surface area contributed by atoms with E-state index in [1.54, 1.807) is 0 Å². The number of nitrogens with zero attached hydrogens (tertiary/aromatic N) is 2. The SMILES string of the molecule is CC1CCC(C(C)C)c2c1cnn2-c1ccccc1. The molecule has 1 aromatic carbocycles. The number of benzene rings is 1. The fraction of sp³-hybridized carbons (Fsp3) is 0.471. The second kappa shape index (κ2) is 4.84. The lowest BCUT2D eigenvalue weighted by Crippen LogP contribution is -2.19. The van der Waals surface area contributed by atoms with Crippen LogP contribution in [0.25, 0.3) is 5.69 Å². The monoisotopic (exact) mass is 254 g/mol. The third-order valence-electron chi connectivity index (χ3n) is 4.43. The quantitative estimate of drug-likeness (QED) is 0.771. The van der Waals surface area contributed by atoms with Crippen molar-refractivity contribution in [3.05, 3.63) is 47.8 Å². The fourth-order valence-corrected chi connectivity index (χ4v) is 3.27. The van der Waals surface area contributed by atoms with Gasteiger partial charge >= 0.3 is 0 Å². The Morgan fingerprint density at radius 1 is 1.16 bits per heavy atom. The second-order valence-corrected chi connectivity index (χ2v) is 6.06. The number of para-hydroxylation sites is 1. The minimum Gasteiger partial charge on any atom is -0.237 e. The van der Waals surface area contributed by atoms with E-state index in [0.29, 0.717) is 17.8 Å². The first-order valence-corrected chi connectivity index (χ1v) is 7.31. The summed E-state index contributed by atoms with van der Waals surface area (Å²) in [7, 11) is 0. The molecule has 0 bridgehead atoms. The Morgan fingerprint density at radius 3 is 2.58 bits per heavy atom. The van der Waals surface area contributed by atoms with Gasteiger partial charge in [0.25, 0.3) is 0 Å². The molecule has 1 aliphatic rings. The summed E-state index contributed by atoms with van der Waals surface area (Å²) < 4.78 is 2.16. The number of aromatic nitrogens is 2. The maximum Gasteiger partial charge on any atom is 0.0649 e. The standard InChI is InChI=1S/C17H22N2/c1-12(2)15-10-9-13(3)16-11-18-19(17(15)16)14-7-5-4-6-8-14/h4-8,11-13,15H,9-10H2,1-3H3. The molecule has 3 rings (SSSR count). The number of rotatable bonds is 2. The van der Waals surface area contributed by atoms with Gasteiger partial charge < -0.3 is 0 Å². The van der Waals surface area contributed by atoms with Gasteiger partial charge in [-0.1, -0.05) is 39.0 Å². The predicted molar refractivity (Wildman–Crippen MR) is 78.8 cm³/mol. The lowest BCUT2D eigenvalue weighted by molar-refractivity contribution is 0.396. The van der Waals surface area contributed by atoms with Gasteiger partial charge in [0.2, 0.25) is 0 Å². The molecule has 1 heterocycles. The molecule has 2 atom stereocenters. The van der Waals surface area contributed by atoms with Crippen molar-refractivity contribution in [2.75, 3.05) is 0 Å². The third-order valence-corrected chi connectivity index (χ3v) is 4.43. The van der Waals surface area contributed by atoms with Crippen LogP contribution in [0.5, 0.6) is 0 Å². The van der Waals surface area contributed by atoms with E-state index in [0.717, 1.165) is 0 Å². The second-order valence-electron chi connectivity index (χ2n) is 6.06. The van der Waals surface area contributed by atoms with Crippen molar-refractivity contribution >= 4 is 0 Å². The maximum atomic E-state index is 4.67. The molecule has 2 unspecified atom stereocenters. The van der Waals surface area contributed by atoms with Crippen molar-refractivity contribution in [1.29, 1.82) is 0 Å². The van der Waals surface area contributed by atoms with E-state index in [9.17, 15) is 0 Å². The lowest BCUT2D eigenvalue weighted by Gasteiger charge is -2.30. The highest BCUT2D eigenvalue weighted by atomic mass is 15.3. The molecule has 0 fully saturated rings. The predicted octanol–water partition coefficient (Wildman–Crippen LogP) is 4.51. The van der Waals surface area contributed by atoms with E-state index in [2.05, 4.69) is 67.1 Å². The van der Waals surface area contributed by atoms with Crippen LogP contribution < -0.4 is 0 Å². The van der Waals surface area contributed by atoms with Crippen LogP contribution >= 0.6 is 0 Å². The van der Waals surface area contributed by atoms with E-state index in [1.165, 1.54) is 29.8 Å². The van der Waals surface area contributed by atoms with E-state index in [1.807, 2.05) is 0 Å². The van der Waals surface area contributed by atoms with Crippen LogP contribution in [0.4, 0.5) is 0 Å². The smallest absolute Gasteiger partial charge is 0.0649 e. The highest BCUT2D eigenvalue weighted by molar-refractivity contribution is 5.39. The highest BCUT2D eigenvalue weighted by Gasteiger charge is 2.31. The summed E-state index contributed by atoms with van der Waals surface area (Å²) in [6.45, 7) is 6.98. The Labute approximate surface area is 115 Å². The molecule has 0 N–H and O–H groups in total. The van der Waals surface area contributed by atoms with Crippen LogP contribution in [0.1, 0.15) is 56.7 Å². The minimum absolute atomic E-state index is 0.633. The van der Waals surface area contributed by atoms with Crippen molar-refractivity contribution in [3.8, 4) is 5.69 Å². The van der Waals surface area contributed by atoms with Crippen molar-refractivity contribution in [3.63, 3.8) is 0 Å². The summed E-state index contributed by atoms with van der Waals surface area (Å²) in [4.78, 5) is 0. The maximum absolute atomic E-state index is 4.67. The third kappa shape index (κ3) is 2.09. The molecule has 1 aliphatic carbocycles. The first kappa shape index (κ1) is 12.5. The first-order chi connectivity index (χ1) is 9.18. The number of hydrogen-bond acceptors (Lipinski definition) is 1. The van der Waals surface area contributed by atoms with Crippen molar-refractivity contribution in [2.45, 2.75) is 45.4 Å². The Kier molecular flexibility index (Phi) is 3.17. The molecule has 1 aromatic heterocycles. The van der Waals surface area contributed by atoms with Crippen molar-refractivity contribution in [2.24, 2.45) is 5.92 Å². The van der Waals surface area contributed by atoms with Crippen molar-refractivity contribution < 1.29 is 0 Å². The summed E-state index contributed by atoms with van der Waals surface area (Å²) in [5.74, 6) is 1.95. The lowest BCUT2D eigenvalue weighted by atomic mass is 9.76. The van der Waals surface area contributed by atoms with Gasteiger partial charge in [-0.05, 0) is 42.4 Å². The largest absolute Gasteiger partial charge is 0.237 e. The summed E-state index contributed by atoms with van der Waals surface area (Å²) >= 11 is 0. The zero-order chi connectivity index (χ0) is 13.4. The van der Waals surface area contributed by atoms with Crippen LogP contribution in [0.3, 0.4) is 0 Å². The summed E-state index contributed by atoms with van der Waals surface area (Å²) in [5.41, 5.74) is 4.08. The van der Waals surface area contributed by atoms with Gasteiger partial charge in [-0.2, -0.15) is 5.10 Å². The van der Waals surface area contributed by atoms with Crippen LogP contribution in [-0.4, -0.2) is 9.78 Å². The molecule has 100 valence electrons. The number of hydrogen-bond donors (Lipinski definition) is 0. The molecule has 19 heavy (non-hydrogen) atoms. The van der Waals surface area contributed by atoms with Gasteiger partial charge in [-0.3, -0.25) is 0 Å². The fourth-order valence-electron chi connectivity index (χ4n) is 3.27. The summed E-state index contributed by atoms with van der Waals surface area (Å²) in [6, 6.07) is 10.5. The summed E-state index contributed by atoms with van der Waals surface area (Å²) in [6.07, 6.45) is 4.65. The average molecular weight is 254 g/mol. The molecule has 2 aromatic rings. The van der Waals surface area contributed by atoms with Crippen molar-refractivity contribution in [1.82, 2.24) is 9.78 Å². The van der Waals surface area contributed by atoms with Gasteiger partial charge in [-0.25, -0.2) is 4.68 Å². The minimum atomic E-state index is 0.633. The van der Waals surface area contributed by atoms with Crippen LogP contribution in [0.15, 0.2) is 36.5 Å². The molecule has 2 nitrogen and oxygen atoms in total. The molecular weight excluding hydrogens is 232 g/mol. The van der Waals surface area contributed by atoms with Gasteiger partial charge in [0.15, 0.2) is 0 Å². The molecule has 0 spiro atoms. The van der Waals surface area contributed by atoms with E-state index in [4.69, 9.17) is 0 Å². The highest BCUT2D eigenvalue weighted by Crippen LogP contribution is 2.42. The molecule has 0 aliphatic heterocycles. The normalized spacial score (nSPS) is 22.5. The van der Waals surface area contributed by atoms with E-state index in [-0.39, 0.29) is 0 Å². The first-order valence-electron chi connectivity index (χ1n) is 7.31. The van der Waals surface area contributed by atoms with Gasteiger partial charge in [0, 0.05) is 5.92 Å². The van der Waals surface area contributed by atoms with Gasteiger partial charge in [0.05, 0.1) is 17.6 Å². The van der Waals surface area contributed by atoms with Crippen LogP contribution in [0.2, 0.25) is 0 Å². The van der Waals surface area contributed by atoms with E-state index < -0.39 is 0 Å². The van der Waals surface area contributed by atoms with Gasteiger partial charge in [0.1, 0.15) is 0 Å². The van der Waals surface area contributed by atoms with Crippen LogP contribution in [-0.2, 0) is 0 Å². The molecule has 0 radical (unpaired) electrons. The Balaban J connectivity index is 2.13. The zero-order valence-electron chi connectivity index (χ0n) is 12.0. The van der Waals surface area contributed by atoms with Gasteiger partial charge in [-0.15, -0.1) is 0 Å². The Bertz CT molecular complexity index is 554. The van der Waals surface area contributed by atoms with Crippen LogP contribution in [0, 0.1) is 5.92 Å². The Morgan fingerprint density at radius 2 is 1.89 bits per heavy atom. The van der Waals surface area contributed by atoms with E-state index >= 15 is 0 Å². The zero-order valence-corrected chi connectivity index (χ0v) is 12.0. The number of fused-ring (bicyclic) bond motifs is 1. The summed E-state index contributed by atoms with van der Waals surface area (Å²) in [5, 5.41) is 4.67. The molecular formula is C17H22N2. The molecule has 0 amide bonds. The molecule has 0 saturated heterocycles.